The van der Waals surface area contributed by atoms with Crippen molar-refractivity contribution in [2.75, 3.05) is 18.8 Å². The van der Waals surface area contributed by atoms with Gasteiger partial charge in [-0.1, -0.05) is 15.9 Å². The van der Waals surface area contributed by atoms with Crippen LogP contribution in [0.2, 0.25) is 0 Å². The van der Waals surface area contributed by atoms with Crippen LogP contribution in [0.25, 0.3) is 0 Å². The summed E-state index contributed by atoms with van der Waals surface area (Å²) in [6, 6.07) is 4.53. The van der Waals surface area contributed by atoms with Gasteiger partial charge in [0, 0.05) is 17.6 Å². The number of carbonyl (C=O) groups is 1. The number of amides is 1. The molecule has 0 saturated carbocycles. The third-order valence-electron chi connectivity index (χ3n) is 3.17. The normalized spacial score (nSPS) is 13.0. The lowest BCUT2D eigenvalue weighted by atomic mass is 10.3. The highest BCUT2D eigenvalue weighted by molar-refractivity contribution is 9.10. The largest absolute Gasteiger partial charge is 0.398 e. The first-order chi connectivity index (χ1) is 9.25. The van der Waals surface area contributed by atoms with Gasteiger partial charge in [0.15, 0.2) is 9.84 Å². The first-order valence-electron chi connectivity index (χ1n) is 6.33. The lowest BCUT2D eigenvalue weighted by Crippen LogP contribution is -2.41. The van der Waals surface area contributed by atoms with Crippen LogP contribution in [0.5, 0.6) is 0 Å². The fourth-order valence-electron chi connectivity index (χ4n) is 1.89. The topological polar surface area (TPSA) is 80.5 Å². The molecular weight excluding hydrogens is 344 g/mol. The number of nitrogens with two attached hydrogens (primary N) is 1. The van der Waals surface area contributed by atoms with Crippen LogP contribution in [0.15, 0.2) is 27.6 Å². The van der Waals surface area contributed by atoms with E-state index in [1.807, 2.05) is 13.8 Å². The minimum Gasteiger partial charge on any atom is -0.398 e. The molecule has 1 unspecified atom stereocenters. The third kappa shape index (κ3) is 3.32. The summed E-state index contributed by atoms with van der Waals surface area (Å²) >= 11 is 3.22. The molecule has 1 atom stereocenters. The first kappa shape index (κ1) is 17.0. The van der Waals surface area contributed by atoms with E-state index in [9.17, 15) is 13.2 Å². The maximum atomic E-state index is 12.5. The van der Waals surface area contributed by atoms with Gasteiger partial charge in [-0.05, 0) is 39.0 Å². The van der Waals surface area contributed by atoms with E-state index in [4.69, 9.17) is 5.73 Å². The number of halogens is 1. The molecule has 7 heteroatoms. The van der Waals surface area contributed by atoms with Gasteiger partial charge < -0.3 is 10.6 Å². The van der Waals surface area contributed by atoms with Crippen molar-refractivity contribution in [2.24, 2.45) is 0 Å². The Kier molecular flexibility index (Phi) is 5.59. The molecule has 1 aromatic rings. The fourth-order valence-corrected chi connectivity index (χ4v) is 3.71. The summed E-state index contributed by atoms with van der Waals surface area (Å²) in [6.45, 7) is 5.98. The summed E-state index contributed by atoms with van der Waals surface area (Å²) in [5, 5.41) is -1.15. The summed E-state index contributed by atoms with van der Waals surface area (Å²) in [5.74, 6) is -0.405. The highest BCUT2D eigenvalue weighted by Gasteiger charge is 2.33. The minimum absolute atomic E-state index is 0.00583. The summed E-state index contributed by atoms with van der Waals surface area (Å²) in [7, 11) is -3.79. The van der Waals surface area contributed by atoms with Crippen molar-refractivity contribution in [3.05, 3.63) is 22.7 Å². The molecule has 0 heterocycles. The smallest absolute Gasteiger partial charge is 0.240 e. The monoisotopic (exact) mass is 362 g/mol. The van der Waals surface area contributed by atoms with Gasteiger partial charge >= 0.3 is 0 Å². The lowest BCUT2D eigenvalue weighted by Gasteiger charge is -2.23. The number of anilines is 1. The average Bonchev–Trinajstić information content (AvgIpc) is 2.38. The zero-order valence-electron chi connectivity index (χ0n) is 11.8. The van der Waals surface area contributed by atoms with Gasteiger partial charge in [0.25, 0.3) is 0 Å². The van der Waals surface area contributed by atoms with Crippen molar-refractivity contribution in [1.82, 2.24) is 4.90 Å². The third-order valence-corrected chi connectivity index (χ3v) is 5.78. The number of hydrogen-bond acceptors (Lipinski definition) is 4. The van der Waals surface area contributed by atoms with Crippen LogP contribution in [-0.4, -0.2) is 37.6 Å². The van der Waals surface area contributed by atoms with E-state index in [1.165, 1.54) is 24.0 Å². The molecule has 1 amide bonds. The van der Waals surface area contributed by atoms with Gasteiger partial charge in [-0.15, -0.1) is 0 Å². The predicted molar refractivity (Wildman–Crippen MR) is 83.1 cm³/mol. The molecule has 0 aliphatic rings. The van der Waals surface area contributed by atoms with Gasteiger partial charge in [0.2, 0.25) is 5.91 Å². The second-order valence-electron chi connectivity index (χ2n) is 4.38. The Morgan fingerprint density at radius 2 is 1.90 bits per heavy atom. The van der Waals surface area contributed by atoms with Crippen molar-refractivity contribution in [3.63, 3.8) is 0 Å². The van der Waals surface area contributed by atoms with Gasteiger partial charge in [-0.2, -0.15) is 0 Å². The van der Waals surface area contributed by atoms with Gasteiger partial charge in [-0.25, -0.2) is 8.42 Å². The van der Waals surface area contributed by atoms with E-state index >= 15 is 0 Å². The summed E-state index contributed by atoms with van der Waals surface area (Å²) in [4.78, 5) is 13.7. The molecule has 0 saturated heterocycles. The summed E-state index contributed by atoms with van der Waals surface area (Å²) in [6.07, 6.45) is 0. The molecule has 20 heavy (non-hydrogen) atoms. The van der Waals surface area contributed by atoms with Gasteiger partial charge in [-0.3, -0.25) is 4.79 Å². The zero-order chi connectivity index (χ0) is 15.5. The van der Waals surface area contributed by atoms with E-state index in [2.05, 4.69) is 15.9 Å². The zero-order valence-corrected chi connectivity index (χ0v) is 14.2. The molecule has 0 aliphatic carbocycles. The van der Waals surface area contributed by atoms with E-state index in [1.54, 1.807) is 6.07 Å². The highest BCUT2D eigenvalue weighted by atomic mass is 79.9. The van der Waals surface area contributed by atoms with Crippen molar-refractivity contribution in [2.45, 2.75) is 30.9 Å². The summed E-state index contributed by atoms with van der Waals surface area (Å²) < 4.78 is 25.7. The maximum Gasteiger partial charge on any atom is 0.240 e. The Bertz CT molecular complexity index is 598. The number of rotatable bonds is 5. The second kappa shape index (κ2) is 6.58. The van der Waals surface area contributed by atoms with E-state index in [0.29, 0.717) is 17.6 Å². The molecule has 2 N–H and O–H groups in total. The first-order valence-corrected chi connectivity index (χ1v) is 8.67. The summed E-state index contributed by atoms with van der Waals surface area (Å²) in [5.41, 5.74) is 5.89. The van der Waals surface area contributed by atoms with E-state index in [0.717, 1.165) is 0 Å². The molecular formula is C13H19BrN2O3S. The molecule has 0 fully saturated rings. The van der Waals surface area contributed by atoms with Gasteiger partial charge in [0.1, 0.15) is 5.25 Å². The maximum absolute atomic E-state index is 12.5. The van der Waals surface area contributed by atoms with E-state index in [-0.39, 0.29) is 10.6 Å². The Morgan fingerprint density at radius 3 is 2.35 bits per heavy atom. The molecule has 112 valence electrons. The van der Waals surface area contributed by atoms with Crippen LogP contribution >= 0.6 is 15.9 Å². The second-order valence-corrected chi connectivity index (χ2v) is 7.53. The van der Waals surface area contributed by atoms with Crippen molar-refractivity contribution >= 4 is 37.4 Å². The van der Waals surface area contributed by atoms with Crippen LogP contribution in [-0.2, 0) is 14.6 Å². The molecule has 0 aromatic heterocycles. The predicted octanol–water partition coefficient (Wildman–Crippen LogP) is 2.06. The quantitative estimate of drug-likeness (QED) is 0.812. The van der Waals surface area contributed by atoms with Crippen LogP contribution in [0.1, 0.15) is 20.8 Å². The lowest BCUT2D eigenvalue weighted by molar-refractivity contribution is -0.130. The van der Waals surface area contributed by atoms with Crippen molar-refractivity contribution < 1.29 is 13.2 Å². The van der Waals surface area contributed by atoms with Crippen LogP contribution < -0.4 is 5.73 Å². The van der Waals surface area contributed by atoms with E-state index < -0.39 is 21.0 Å². The average molecular weight is 363 g/mol. The Morgan fingerprint density at radius 1 is 1.35 bits per heavy atom. The van der Waals surface area contributed by atoms with Gasteiger partial charge in [0.05, 0.1) is 10.6 Å². The molecule has 0 spiro atoms. The number of nitrogen functional groups attached to an aromatic ring is 1. The number of hydrogen-bond donors (Lipinski definition) is 1. The molecule has 1 rings (SSSR count). The molecule has 0 bridgehead atoms. The Labute approximate surface area is 128 Å². The van der Waals surface area contributed by atoms with Crippen LogP contribution in [0, 0.1) is 0 Å². The molecule has 5 nitrogen and oxygen atoms in total. The number of carbonyl (C=O) groups excluding carboxylic acids is 1. The van der Waals surface area contributed by atoms with Crippen LogP contribution in [0.4, 0.5) is 5.69 Å². The number of sulfone groups is 1. The number of benzene rings is 1. The molecule has 0 radical (unpaired) electrons. The molecule has 0 aliphatic heterocycles. The SMILES string of the molecule is CCN(CC)C(=O)C(C)S(=O)(=O)c1ccc(Br)cc1N. The Hall–Kier alpha value is -1.08. The van der Waals surface area contributed by atoms with Crippen molar-refractivity contribution in [3.8, 4) is 0 Å². The minimum atomic E-state index is -3.79. The van der Waals surface area contributed by atoms with Crippen LogP contribution in [0.3, 0.4) is 0 Å². The van der Waals surface area contributed by atoms with Crippen molar-refractivity contribution in [1.29, 1.82) is 0 Å². The Balaban J connectivity index is 3.19. The highest BCUT2D eigenvalue weighted by Crippen LogP contribution is 2.26. The molecule has 1 aromatic carbocycles. The number of nitrogens with zero attached hydrogens (tertiary/aromatic N) is 1. The fraction of sp³-hybridized carbons (Fsp3) is 0.462. The standard InChI is InChI=1S/C13H19BrN2O3S/c1-4-16(5-2)13(17)9(3)20(18,19)12-7-6-10(14)8-11(12)15/h6-9H,4-5,15H2,1-3H3.